The molecule has 0 spiro atoms. The van der Waals surface area contributed by atoms with Gasteiger partial charge in [-0.25, -0.2) is 0 Å². The van der Waals surface area contributed by atoms with Crippen molar-refractivity contribution in [3.8, 4) is 0 Å². The van der Waals surface area contributed by atoms with E-state index in [2.05, 4.69) is 17.6 Å². The Balaban J connectivity index is 2.55. The van der Waals surface area contributed by atoms with Gasteiger partial charge in [-0.15, -0.1) is 0 Å². The van der Waals surface area contributed by atoms with Crippen LogP contribution in [0.4, 0.5) is 0 Å². The van der Waals surface area contributed by atoms with Crippen LogP contribution in [-0.2, 0) is 4.79 Å². The highest BCUT2D eigenvalue weighted by atomic mass is 16.3. The first-order valence-corrected chi connectivity index (χ1v) is 8.10. The molecule has 1 rings (SSSR count). The number of nitrogens with one attached hydrogen (secondary N) is 2. The van der Waals surface area contributed by atoms with E-state index in [0.717, 1.165) is 19.3 Å². The van der Waals surface area contributed by atoms with E-state index in [1.54, 1.807) is 12.1 Å². The Morgan fingerprint density at radius 2 is 1.91 bits per heavy atom. The third-order valence-corrected chi connectivity index (χ3v) is 3.61. The van der Waals surface area contributed by atoms with Gasteiger partial charge in [0.1, 0.15) is 6.04 Å². The maximum absolute atomic E-state index is 12.4. The fourth-order valence-electron chi connectivity index (χ4n) is 2.26. The van der Waals surface area contributed by atoms with Crippen LogP contribution in [0.5, 0.6) is 0 Å². The number of rotatable bonds is 9. The Morgan fingerprint density at radius 3 is 2.45 bits per heavy atom. The lowest BCUT2D eigenvalue weighted by Crippen LogP contribution is -2.51. The van der Waals surface area contributed by atoms with Crippen LogP contribution in [0.15, 0.2) is 22.8 Å². The Bertz CT molecular complexity index is 454. The summed E-state index contributed by atoms with van der Waals surface area (Å²) in [5.74, 6) is -0.285. The van der Waals surface area contributed by atoms with Crippen LogP contribution in [0.1, 0.15) is 63.9 Å². The summed E-state index contributed by atoms with van der Waals surface area (Å²) in [6.07, 6.45) is 5.83. The highest BCUT2D eigenvalue weighted by Crippen LogP contribution is 2.08. The van der Waals surface area contributed by atoms with Crippen molar-refractivity contribution in [2.24, 2.45) is 5.92 Å². The second-order valence-electron chi connectivity index (χ2n) is 6.08. The molecule has 2 atom stereocenters. The van der Waals surface area contributed by atoms with Crippen molar-refractivity contribution in [3.05, 3.63) is 24.2 Å². The molecule has 124 valence electrons. The maximum atomic E-state index is 12.4. The number of carbonyl (C=O) groups excluding carboxylic acids is 2. The quantitative estimate of drug-likeness (QED) is 0.689. The largest absolute Gasteiger partial charge is 0.459 e. The summed E-state index contributed by atoms with van der Waals surface area (Å²) < 4.78 is 5.06. The zero-order valence-electron chi connectivity index (χ0n) is 14.0. The topological polar surface area (TPSA) is 71.3 Å². The van der Waals surface area contributed by atoms with Gasteiger partial charge >= 0.3 is 0 Å². The van der Waals surface area contributed by atoms with E-state index in [1.807, 2.05) is 20.8 Å². The molecular formula is C17H28N2O3. The molecule has 0 bridgehead atoms. The van der Waals surface area contributed by atoms with E-state index in [9.17, 15) is 9.59 Å². The molecule has 0 radical (unpaired) electrons. The lowest BCUT2D eigenvalue weighted by molar-refractivity contribution is -0.124. The molecule has 0 saturated heterocycles. The molecule has 0 saturated carbocycles. The first-order valence-electron chi connectivity index (χ1n) is 8.10. The van der Waals surface area contributed by atoms with Crippen LogP contribution in [0.2, 0.25) is 0 Å². The van der Waals surface area contributed by atoms with Gasteiger partial charge in [0.05, 0.1) is 6.26 Å². The molecule has 1 aromatic heterocycles. The van der Waals surface area contributed by atoms with Gasteiger partial charge in [-0.1, -0.05) is 40.0 Å². The summed E-state index contributed by atoms with van der Waals surface area (Å²) in [7, 11) is 0. The van der Waals surface area contributed by atoms with Crippen LogP contribution in [-0.4, -0.2) is 23.9 Å². The highest BCUT2D eigenvalue weighted by molar-refractivity contribution is 5.95. The van der Waals surface area contributed by atoms with Crippen molar-refractivity contribution in [2.75, 3.05) is 0 Å². The molecule has 0 aliphatic rings. The van der Waals surface area contributed by atoms with Gasteiger partial charge in [-0.05, 0) is 31.4 Å². The third kappa shape index (κ3) is 5.92. The van der Waals surface area contributed by atoms with Crippen molar-refractivity contribution in [3.63, 3.8) is 0 Å². The van der Waals surface area contributed by atoms with E-state index in [4.69, 9.17) is 4.42 Å². The van der Waals surface area contributed by atoms with Crippen LogP contribution in [0.25, 0.3) is 0 Å². The molecular weight excluding hydrogens is 280 g/mol. The number of furan rings is 1. The average molecular weight is 308 g/mol. The fraction of sp³-hybridized carbons (Fsp3) is 0.647. The summed E-state index contributed by atoms with van der Waals surface area (Å²) >= 11 is 0. The summed E-state index contributed by atoms with van der Waals surface area (Å²) in [5, 5.41) is 5.73. The van der Waals surface area contributed by atoms with Crippen LogP contribution >= 0.6 is 0 Å². The van der Waals surface area contributed by atoms with Gasteiger partial charge in [0.25, 0.3) is 5.91 Å². The van der Waals surface area contributed by atoms with Crippen molar-refractivity contribution >= 4 is 11.8 Å². The van der Waals surface area contributed by atoms with Crippen molar-refractivity contribution in [2.45, 2.75) is 65.5 Å². The summed E-state index contributed by atoms with van der Waals surface area (Å²) in [6.45, 7) is 7.98. The molecule has 5 nitrogen and oxygen atoms in total. The molecule has 0 fully saturated rings. The zero-order valence-corrected chi connectivity index (χ0v) is 14.0. The second kappa shape index (κ2) is 9.28. The normalized spacial score (nSPS) is 13.7. The smallest absolute Gasteiger partial charge is 0.287 e. The van der Waals surface area contributed by atoms with Gasteiger partial charge in [0.2, 0.25) is 5.91 Å². The first kappa shape index (κ1) is 18.3. The van der Waals surface area contributed by atoms with Crippen LogP contribution in [0.3, 0.4) is 0 Å². The van der Waals surface area contributed by atoms with Gasteiger partial charge in [-0.2, -0.15) is 0 Å². The number of amides is 2. The van der Waals surface area contributed by atoms with E-state index >= 15 is 0 Å². The van der Waals surface area contributed by atoms with E-state index < -0.39 is 6.04 Å². The van der Waals surface area contributed by atoms with E-state index in [-0.39, 0.29) is 29.5 Å². The SMILES string of the molecule is CCCCCC(C)NC(=O)C(NC(=O)c1ccco1)C(C)C. The Hall–Kier alpha value is -1.78. The summed E-state index contributed by atoms with van der Waals surface area (Å²) in [4.78, 5) is 24.4. The average Bonchev–Trinajstić information content (AvgIpc) is 2.98. The van der Waals surface area contributed by atoms with Gasteiger partial charge in [-0.3, -0.25) is 9.59 Å². The standard InChI is InChI=1S/C17H28N2O3/c1-5-6-7-9-13(4)18-17(21)15(12(2)3)19-16(20)14-10-8-11-22-14/h8,10-13,15H,5-7,9H2,1-4H3,(H,18,21)(H,19,20). The fourth-order valence-corrected chi connectivity index (χ4v) is 2.26. The molecule has 2 amide bonds. The summed E-state index contributed by atoms with van der Waals surface area (Å²) in [6, 6.07) is 2.78. The Labute approximate surface area is 132 Å². The molecule has 0 aliphatic carbocycles. The van der Waals surface area contributed by atoms with Crippen molar-refractivity contribution in [1.82, 2.24) is 10.6 Å². The molecule has 2 N–H and O–H groups in total. The minimum absolute atomic E-state index is 0.00162. The van der Waals surface area contributed by atoms with Gasteiger partial charge in [0.15, 0.2) is 5.76 Å². The molecule has 1 aromatic rings. The predicted molar refractivity (Wildman–Crippen MR) is 86.5 cm³/mol. The van der Waals surface area contributed by atoms with E-state index in [1.165, 1.54) is 12.7 Å². The first-order chi connectivity index (χ1) is 10.5. The summed E-state index contributed by atoms with van der Waals surface area (Å²) in [5.41, 5.74) is 0. The van der Waals surface area contributed by atoms with Gasteiger partial charge < -0.3 is 15.1 Å². The lowest BCUT2D eigenvalue weighted by Gasteiger charge is -2.23. The molecule has 22 heavy (non-hydrogen) atoms. The highest BCUT2D eigenvalue weighted by Gasteiger charge is 2.26. The molecule has 0 aromatic carbocycles. The van der Waals surface area contributed by atoms with Gasteiger partial charge in [0, 0.05) is 6.04 Å². The predicted octanol–water partition coefficient (Wildman–Crippen LogP) is 3.12. The molecule has 5 heteroatoms. The van der Waals surface area contributed by atoms with Crippen molar-refractivity contribution < 1.29 is 14.0 Å². The number of unbranched alkanes of at least 4 members (excludes halogenated alkanes) is 2. The number of hydrogen-bond acceptors (Lipinski definition) is 3. The zero-order chi connectivity index (χ0) is 16.5. The van der Waals surface area contributed by atoms with E-state index in [0.29, 0.717) is 0 Å². The third-order valence-electron chi connectivity index (χ3n) is 3.61. The lowest BCUT2D eigenvalue weighted by atomic mass is 10.0. The minimum Gasteiger partial charge on any atom is -0.459 e. The molecule has 0 aliphatic heterocycles. The van der Waals surface area contributed by atoms with Crippen molar-refractivity contribution in [1.29, 1.82) is 0 Å². The molecule has 2 unspecified atom stereocenters. The maximum Gasteiger partial charge on any atom is 0.287 e. The Kier molecular flexibility index (Phi) is 7.71. The second-order valence-corrected chi connectivity index (χ2v) is 6.08. The molecule has 1 heterocycles. The number of carbonyl (C=O) groups is 2. The Morgan fingerprint density at radius 1 is 1.18 bits per heavy atom. The van der Waals surface area contributed by atoms with Crippen LogP contribution in [0, 0.1) is 5.92 Å². The monoisotopic (exact) mass is 308 g/mol. The van der Waals surface area contributed by atoms with Crippen LogP contribution < -0.4 is 10.6 Å². The minimum atomic E-state index is -0.564. The number of hydrogen-bond donors (Lipinski definition) is 2.